The van der Waals surface area contributed by atoms with Crippen LogP contribution in [-0.2, 0) is 33.3 Å². The van der Waals surface area contributed by atoms with Gasteiger partial charge in [0.15, 0.2) is 5.60 Å². The lowest BCUT2D eigenvalue weighted by molar-refractivity contribution is -0.256. The standard InChI is InChI=1S/C36H42O11/c1-7-14(2)27(38)45-13-34(43)21-8-18(21)31(4)22(34)10-17-16(12-37)29(40)46-35(17)23(31)11-33(42)20-9-19(20)32(5)26(33)25(35)24-15(3)28(39)47-36(24,44-6)30(32)41/h7,18-23,30,37,41-43H,8-13H2,1-6H3/b14-7+/t18-,19-,20+,21+,22-,23+,30-,31+,32+,33+,34+,35+,36+/m1/s1. The average Bonchev–Trinajstić information content (AvgIpc) is 3.95. The van der Waals surface area contributed by atoms with Gasteiger partial charge in [0.05, 0.1) is 17.8 Å². The summed E-state index contributed by atoms with van der Waals surface area (Å²) in [5, 5.41) is 48.5. The number of fused-ring (bicyclic) bond motifs is 9. The fourth-order valence-electron chi connectivity index (χ4n) is 12.7. The molecule has 0 radical (unpaired) electrons. The average molecular weight is 651 g/mol. The second-order valence-electron chi connectivity index (χ2n) is 16.2. The van der Waals surface area contributed by atoms with Crippen LogP contribution in [0.1, 0.15) is 60.3 Å². The molecule has 5 fully saturated rings. The minimum atomic E-state index is -1.89. The van der Waals surface area contributed by atoms with E-state index in [9.17, 15) is 34.8 Å². The maximum Gasteiger partial charge on any atom is 0.337 e. The smallest absolute Gasteiger partial charge is 0.337 e. The van der Waals surface area contributed by atoms with E-state index >= 15 is 0 Å². The van der Waals surface area contributed by atoms with Crippen LogP contribution in [0.3, 0.4) is 0 Å². The molecule has 2 heterocycles. The molecule has 9 rings (SSSR count). The number of hydrogen-bond donors (Lipinski definition) is 4. The maximum atomic E-state index is 13.9. The van der Waals surface area contributed by atoms with Crippen molar-refractivity contribution in [2.75, 3.05) is 20.3 Å². The zero-order chi connectivity index (χ0) is 33.6. The van der Waals surface area contributed by atoms with E-state index in [-0.39, 0.29) is 59.8 Å². The molecule has 0 aromatic heterocycles. The third kappa shape index (κ3) is 2.89. The second kappa shape index (κ2) is 8.48. The number of carbonyl (C=O) groups excluding carboxylic acids is 3. The molecule has 7 aliphatic carbocycles. The topological polar surface area (TPSA) is 169 Å². The minimum absolute atomic E-state index is 0.0224. The van der Waals surface area contributed by atoms with Crippen molar-refractivity contribution in [1.82, 2.24) is 0 Å². The van der Waals surface area contributed by atoms with Crippen LogP contribution >= 0.6 is 0 Å². The Morgan fingerprint density at radius 2 is 1.72 bits per heavy atom. The summed E-state index contributed by atoms with van der Waals surface area (Å²) in [4.78, 5) is 40.1. The summed E-state index contributed by atoms with van der Waals surface area (Å²) >= 11 is 0. The molecule has 252 valence electrons. The summed E-state index contributed by atoms with van der Waals surface area (Å²) in [5.74, 6) is -5.35. The third-order valence-electron chi connectivity index (χ3n) is 14.9. The molecule has 9 aliphatic rings. The Morgan fingerprint density at radius 1 is 1.02 bits per heavy atom. The molecular formula is C36H42O11. The zero-order valence-electron chi connectivity index (χ0n) is 27.5. The third-order valence-corrected chi connectivity index (χ3v) is 14.9. The van der Waals surface area contributed by atoms with Crippen molar-refractivity contribution in [3.05, 3.63) is 45.1 Å². The van der Waals surface area contributed by atoms with Crippen LogP contribution in [0.15, 0.2) is 45.1 Å². The van der Waals surface area contributed by atoms with Gasteiger partial charge in [-0.05, 0) is 86.7 Å². The normalized spacial score (nSPS) is 52.6. The quantitative estimate of drug-likeness (QED) is 0.194. The lowest BCUT2D eigenvalue weighted by atomic mass is 9.42. The molecular weight excluding hydrogens is 608 g/mol. The first-order valence-electron chi connectivity index (χ1n) is 16.8. The lowest BCUT2D eigenvalue weighted by Gasteiger charge is -2.64. The molecule has 11 nitrogen and oxygen atoms in total. The number of aliphatic hydroxyl groups excluding tert-OH is 2. The Morgan fingerprint density at radius 3 is 2.38 bits per heavy atom. The van der Waals surface area contributed by atoms with E-state index in [2.05, 4.69) is 6.92 Å². The summed E-state index contributed by atoms with van der Waals surface area (Å²) in [6.07, 6.45) is 2.03. The molecule has 11 heteroatoms. The number of carbonyl (C=O) groups is 3. The number of methoxy groups -OCH3 is 1. The summed E-state index contributed by atoms with van der Waals surface area (Å²) < 4.78 is 24.3. The Kier molecular flexibility index (Phi) is 5.45. The van der Waals surface area contributed by atoms with E-state index < -0.39 is 75.9 Å². The van der Waals surface area contributed by atoms with Crippen molar-refractivity contribution in [3.63, 3.8) is 0 Å². The van der Waals surface area contributed by atoms with Gasteiger partial charge in [0.25, 0.3) is 5.79 Å². The first kappa shape index (κ1) is 30.2. The molecule has 0 aromatic carbocycles. The van der Waals surface area contributed by atoms with Crippen LogP contribution in [0.2, 0.25) is 0 Å². The van der Waals surface area contributed by atoms with Crippen molar-refractivity contribution in [3.8, 4) is 0 Å². The number of hydrogen-bond acceptors (Lipinski definition) is 11. The fourth-order valence-corrected chi connectivity index (χ4v) is 12.7. The van der Waals surface area contributed by atoms with Gasteiger partial charge >= 0.3 is 17.9 Å². The molecule has 0 amide bonds. The second-order valence-corrected chi connectivity index (χ2v) is 16.2. The SMILES string of the molecule is C/C=C(\C)C(=O)OC[C@]1(O)[C@H]2C[C@H]2[C@]2(C)[C@@H]3C[C@@]4(O)C5=C(C6=C(C)C(=O)O[C@]6(OC)[C@H](O)[C@@]5(C)[C@@H]5C[C@@H]54)[C@@]34OC(=O)C(CO)=C4C[C@@H]12. The van der Waals surface area contributed by atoms with E-state index in [4.69, 9.17) is 18.9 Å². The van der Waals surface area contributed by atoms with Gasteiger partial charge in [0.1, 0.15) is 18.3 Å². The summed E-state index contributed by atoms with van der Waals surface area (Å²) in [6.45, 7) is 8.16. The van der Waals surface area contributed by atoms with Gasteiger partial charge in [-0.3, -0.25) is 0 Å². The number of allylic oxidation sites excluding steroid dienone is 1. The molecule has 0 unspecified atom stereocenters. The van der Waals surface area contributed by atoms with Crippen molar-refractivity contribution >= 4 is 17.9 Å². The van der Waals surface area contributed by atoms with Crippen molar-refractivity contribution < 1.29 is 53.8 Å². The summed E-state index contributed by atoms with van der Waals surface area (Å²) in [7, 11) is 1.38. The monoisotopic (exact) mass is 650 g/mol. The van der Waals surface area contributed by atoms with Crippen LogP contribution in [0.25, 0.3) is 0 Å². The molecule has 0 bridgehead atoms. The van der Waals surface area contributed by atoms with Crippen molar-refractivity contribution in [2.24, 2.45) is 46.3 Å². The molecule has 1 spiro atoms. The molecule has 47 heavy (non-hydrogen) atoms. The van der Waals surface area contributed by atoms with Crippen LogP contribution in [0.4, 0.5) is 0 Å². The van der Waals surface area contributed by atoms with Gasteiger partial charge in [-0.1, -0.05) is 19.9 Å². The first-order valence-corrected chi connectivity index (χ1v) is 16.8. The van der Waals surface area contributed by atoms with Crippen LogP contribution in [0, 0.1) is 46.3 Å². The van der Waals surface area contributed by atoms with Crippen LogP contribution in [-0.4, -0.2) is 87.4 Å². The largest absolute Gasteiger partial charge is 0.459 e. The number of rotatable bonds is 5. The van der Waals surface area contributed by atoms with Gasteiger partial charge in [-0.15, -0.1) is 0 Å². The number of aliphatic hydroxyl groups is 4. The van der Waals surface area contributed by atoms with E-state index in [1.165, 1.54) is 7.11 Å². The van der Waals surface area contributed by atoms with Crippen molar-refractivity contribution in [2.45, 2.75) is 89.0 Å². The highest BCUT2D eigenvalue weighted by Crippen LogP contribution is 2.85. The van der Waals surface area contributed by atoms with Crippen molar-refractivity contribution in [1.29, 1.82) is 0 Å². The van der Waals surface area contributed by atoms with Gasteiger partial charge in [-0.2, -0.15) is 0 Å². The van der Waals surface area contributed by atoms with Crippen LogP contribution < -0.4 is 0 Å². The van der Waals surface area contributed by atoms with E-state index in [0.717, 1.165) is 0 Å². The van der Waals surface area contributed by atoms with Gasteiger partial charge in [-0.25, -0.2) is 14.4 Å². The van der Waals surface area contributed by atoms with Gasteiger partial charge < -0.3 is 39.4 Å². The van der Waals surface area contributed by atoms with E-state index in [1.807, 2.05) is 6.92 Å². The van der Waals surface area contributed by atoms with Gasteiger partial charge in [0, 0.05) is 46.7 Å². The molecule has 5 saturated carbocycles. The first-order chi connectivity index (χ1) is 22.1. The Balaban J connectivity index is 1.31. The van der Waals surface area contributed by atoms with Crippen LogP contribution in [0.5, 0.6) is 0 Å². The molecule has 2 aliphatic heterocycles. The Hall–Kier alpha value is -2.83. The lowest BCUT2D eigenvalue weighted by Crippen LogP contribution is -2.69. The highest BCUT2D eigenvalue weighted by Gasteiger charge is 2.87. The number of ether oxygens (including phenoxy) is 4. The fraction of sp³-hybridized carbons (Fsp3) is 0.694. The Bertz CT molecular complexity index is 1750. The maximum absolute atomic E-state index is 13.9. The Labute approximate surface area is 272 Å². The molecule has 4 N–H and O–H groups in total. The zero-order valence-corrected chi connectivity index (χ0v) is 27.5. The highest BCUT2D eigenvalue weighted by molar-refractivity contribution is 5.98. The number of esters is 3. The predicted molar refractivity (Wildman–Crippen MR) is 160 cm³/mol. The minimum Gasteiger partial charge on any atom is -0.459 e. The molecule has 0 saturated heterocycles. The molecule has 13 atom stereocenters. The molecule has 0 aromatic rings. The summed E-state index contributed by atoms with van der Waals surface area (Å²) in [6, 6.07) is 0. The highest BCUT2D eigenvalue weighted by atomic mass is 16.7. The predicted octanol–water partition coefficient (Wildman–Crippen LogP) is 1.78. The van der Waals surface area contributed by atoms with E-state index in [1.54, 1.807) is 26.8 Å². The van der Waals surface area contributed by atoms with E-state index in [0.29, 0.717) is 35.1 Å². The van der Waals surface area contributed by atoms with Gasteiger partial charge in [0.2, 0.25) is 0 Å². The summed E-state index contributed by atoms with van der Waals surface area (Å²) in [5.41, 5.74) is -3.58.